The second kappa shape index (κ2) is 6.85. The molecule has 1 nitrogen and oxygen atoms in total. The monoisotopic (exact) mass is 311 g/mol. The van der Waals surface area contributed by atoms with Crippen molar-refractivity contribution >= 4 is 15.8 Å². The summed E-state index contributed by atoms with van der Waals surface area (Å²) in [6.45, 7) is 18.8. The second-order valence-corrected chi connectivity index (χ2v) is 13.8. The molecular weight excluding hydrogens is 280 g/mol. The Hall–Kier alpha value is 0.01000. The average Bonchev–Trinajstić information content (AvgIpc) is 2.26. The minimum Gasteiger partial charge on any atom is -0.257 e. The van der Waals surface area contributed by atoms with Crippen molar-refractivity contribution < 1.29 is 0 Å². The molecule has 0 aliphatic rings. The molecule has 0 aliphatic heterocycles. The molecule has 0 radical (unpaired) electrons. The van der Waals surface area contributed by atoms with Crippen molar-refractivity contribution in [1.82, 2.24) is 4.98 Å². The van der Waals surface area contributed by atoms with Crippen LogP contribution in [0.1, 0.15) is 52.9 Å². The van der Waals surface area contributed by atoms with E-state index < -0.39 is 0 Å². The molecule has 0 fully saturated rings. The van der Waals surface area contributed by atoms with Crippen molar-refractivity contribution in [2.45, 2.75) is 64.2 Å². The minimum atomic E-state index is -0.0104. The predicted molar refractivity (Wildman–Crippen MR) is 96.8 cm³/mol. The molecule has 0 saturated heterocycles. The normalized spacial score (nSPS) is 16.0. The zero-order valence-electron chi connectivity index (χ0n) is 14.5. The summed E-state index contributed by atoms with van der Waals surface area (Å²) in [5.41, 5.74) is 2.56. The van der Waals surface area contributed by atoms with Crippen LogP contribution in [0.15, 0.2) is 18.2 Å². The van der Waals surface area contributed by atoms with E-state index in [0.29, 0.717) is 10.3 Å². The van der Waals surface area contributed by atoms with E-state index in [4.69, 9.17) is 4.98 Å². The fourth-order valence-electron chi connectivity index (χ4n) is 1.67. The minimum absolute atomic E-state index is 0.0104. The van der Waals surface area contributed by atoms with Crippen molar-refractivity contribution in [3.8, 4) is 0 Å². The van der Waals surface area contributed by atoms with Crippen LogP contribution in [0.4, 0.5) is 0 Å². The van der Waals surface area contributed by atoms with Crippen LogP contribution in [0, 0.1) is 0 Å². The summed E-state index contributed by atoms with van der Waals surface area (Å²) in [5, 5.41) is 0.825. The van der Waals surface area contributed by atoms with Crippen LogP contribution >= 0.6 is 15.8 Å². The smallest absolute Gasteiger partial charge is 0.0449 e. The number of hydrogen-bond acceptors (Lipinski definition) is 1. The molecule has 20 heavy (non-hydrogen) atoms. The van der Waals surface area contributed by atoms with Gasteiger partial charge in [-0.05, 0) is 35.8 Å². The molecule has 0 saturated carbocycles. The van der Waals surface area contributed by atoms with Crippen LogP contribution in [-0.2, 0) is 12.3 Å². The summed E-state index contributed by atoms with van der Waals surface area (Å²) in [5.74, 6) is 0. The number of nitrogens with zero attached hydrogens (tertiary/aromatic N) is 1. The van der Waals surface area contributed by atoms with Gasteiger partial charge in [0, 0.05) is 23.7 Å². The quantitative estimate of drug-likeness (QED) is 0.631. The van der Waals surface area contributed by atoms with E-state index in [2.05, 4.69) is 73.1 Å². The lowest BCUT2D eigenvalue weighted by atomic mass is 10.3. The standard InChI is InChI=1S/C17H31NP2/c1-16(2,3)19(7)12-14-10-9-11-15(18-14)13-20(8)17(4,5)6/h9-11H,12-13H2,1-8H3. The van der Waals surface area contributed by atoms with Crippen molar-refractivity contribution in [3.05, 3.63) is 29.6 Å². The van der Waals surface area contributed by atoms with Gasteiger partial charge in [0.05, 0.1) is 0 Å². The number of hydrogen-bond donors (Lipinski definition) is 0. The molecular formula is C17H31NP2. The lowest BCUT2D eigenvalue weighted by Crippen LogP contribution is -2.13. The summed E-state index contributed by atoms with van der Waals surface area (Å²) >= 11 is 0. The zero-order chi connectivity index (χ0) is 15.6. The van der Waals surface area contributed by atoms with Gasteiger partial charge < -0.3 is 0 Å². The van der Waals surface area contributed by atoms with E-state index in [0.717, 1.165) is 12.3 Å². The van der Waals surface area contributed by atoms with Gasteiger partial charge in [-0.15, -0.1) is 0 Å². The van der Waals surface area contributed by atoms with Crippen molar-refractivity contribution in [1.29, 1.82) is 0 Å². The first-order chi connectivity index (χ1) is 9.00. The largest absolute Gasteiger partial charge is 0.257 e. The molecule has 1 aromatic heterocycles. The predicted octanol–water partition coefficient (Wildman–Crippen LogP) is 5.90. The van der Waals surface area contributed by atoms with Crippen molar-refractivity contribution in [2.75, 3.05) is 13.3 Å². The summed E-state index contributed by atoms with van der Waals surface area (Å²) in [7, 11) is -0.0208. The Labute approximate surface area is 128 Å². The molecule has 2 unspecified atom stereocenters. The van der Waals surface area contributed by atoms with E-state index in [1.807, 2.05) is 0 Å². The highest BCUT2D eigenvalue weighted by molar-refractivity contribution is 7.57. The molecule has 3 heteroatoms. The maximum absolute atomic E-state index is 4.91. The molecule has 0 spiro atoms. The summed E-state index contributed by atoms with van der Waals surface area (Å²) in [6.07, 6.45) is 2.29. The Morgan fingerprint density at radius 2 is 1.15 bits per heavy atom. The molecule has 114 valence electrons. The molecule has 0 aliphatic carbocycles. The van der Waals surface area contributed by atoms with E-state index >= 15 is 0 Å². The lowest BCUT2D eigenvalue weighted by Gasteiger charge is -2.29. The van der Waals surface area contributed by atoms with Gasteiger partial charge in [-0.3, -0.25) is 4.98 Å². The Balaban J connectivity index is 2.76. The first kappa shape index (κ1) is 18.1. The molecule has 0 N–H and O–H groups in total. The van der Waals surface area contributed by atoms with Gasteiger partial charge in [-0.25, -0.2) is 0 Å². The molecule has 1 aromatic rings. The van der Waals surface area contributed by atoms with E-state index in [1.165, 1.54) is 11.4 Å². The van der Waals surface area contributed by atoms with E-state index in [1.54, 1.807) is 0 Å². The molecule has 0 amide bonds. The second-order valence-electron chi connectivity index (χ2n) is 7.67. The zero-order valence-corrected chi connectivity index (χ0v) is 16.3. The van der Waals surface area contributed by atoms with Crippen LogP contribution < -0.4 is 0 Å². The fourth-order valence-corrected chi connectivity index (χ4v) is 3.94. The lowest BCUT2D eigenvalue weighted by molar-refractivity contribution is 0.779. The Kier molecular flexibility index (Phi) is 6.18. The highest BCUT2D eigenvalue weighted by Gasteiger charge is 2.22. The third-order valence-corrected chi connectivity index (χ3v) is 10.1. The highest BCUT2D eigenvalue weighted by atomic mass is 31.1. The molecule has 2 atom stereocenters. The Morgan fingerprint density at radius 1 is 0.800 bits per heavy atom. The van der Waals surface area contributed by atoms with Gasteiger partial charge in [-0.1, -0.05) is 63.5 Å². The third kappa shape index (κ3) is 5.79. The van der Waals surface area contributed by atoms with Crippen LogP contribution in [0.2, 0.25) is 0 Å². The number of aromatic nitrogens is 1. The van der Waals surface area contributed by atoms with Crippen LogP contribution in [0.5, 0.6) is 0 Å². The van der Waals surface area contributed by atoms with E-state index in [-0.39, 0.29) is 15.8 Å². The SMILES string of the molecule is CP(Cc1cccc(CP(C)C(C)(C)C)n1)C(C)(C)C. The van der Waals surface area contributed by atoms with Gasteiger partial charge >= 0.3 is 0 Å². The first-order valence-electron chi connectivity index (χ1n) is 7.37. The maximum Gasteiger partial charge on any atom is 0.0449 e. The van der Waals surface area contributed by atoms with Gasteiger partial charge in [0.2, 0.25) is 0 Å². The molecule has 0 bridgehead atoms. The van der Waals surface area contributed by atoms with Crippen LogP contribution in [-0.4, -0.2) is 28.6 Å². The maximum atomic E-state index is 4.91. The first-order valence-corrected chi connectivity index (χ1v) is 11.3. The van der Waals surface area contributed by atoms with Gasteiger partial charge in [0.1, 0.15) is 0 Å². The number of pyridine rings is 1. The highest BCUT2D eigenvalue weighted by Crippen LogP contribution is 2.49. The molecule has 0 aromatic carbocycles. The van der Waals surface area contributed by atoms with Crippen LogP contribution in [0.3, 0.4) is 0 Å². The summed E-state index contributed by atoms with van der Waals surface area (Å²) in [6, 6.07) is 6.58. The third-order valence-electron chi connectivity index (χ3n) is 3.95. The topological polar surface area (TPSA) is 12.9 Å². The molecule has 1 heterocycles. The summed E-state index contributed by atoms with van der Waals surface area (Å²) < 4.78 is 0. The number of rotatable bonds is 4. The Morgan fingerprint density at radius 3 is 1.45 bits per heavy atom. The fraction of sp³-hybridized carbons (Fsp3) is 0.706. The average molecular weight is 311 g/mol. The summed E-state index contributed by atoms with van der Waals surface area (Å²) in [4.78, 5) is 4.91. The van der Waals surface area contributed by atoms with Crippen LogP contribution in [0.25, 0.3) is 0 Å². The van der Waals surface area contributed by atoms with Gasteiger partial charge in [0.25, 0.3) is 0 Å². The van der Waals surface area contributed by atoms with Crippen molar-refractivity contribution in [2.24, 2.45) is 0 Å². The molecule has 1 rings (SSSR count). The van der Waals surface area contributed by atoms with Gasteiger partial charge in [0.15, 0.2) is 0 Å². The Bertz CT molecular complexity index is 392. The van der Waals surface area contributed by atoms with Gasteiger partial charge in [-0.2, -0.15) is 0 Å². The van der Waals surface area contributed by atoms with Crippen molar-refractivity contribution in [3.63, 3.8) is 0 Å². The van der Waals surface area contributed by atoms with E-state index in [9.17, 15) is 0 Å².